The lowest BCUT2D eigenvalue weighted by Gasteiger charge is -2.21. The molecule has 0 spiro atoms. The van der Waals surface area contributed by atoms with Crippen LogP contribution in [0.4, 0.5) is 0 Å². The predicted molar refractivity (Wildman–Crippen MR) is 408 cm³/mol. The van der Waals surface area contributed by atoms with Gasteiger partial charge in [0.2, 0.25) is 0 Å². The van der Waals surface area contributed by atoms with Crippen molar-refractivity contribution in [3.63, 3.8) is 0 Å². The van der Waals surface area contributed by atoms with E-state index in [4.69, 9.17) is 37.0 Å². The molecule has 0 saturated heterocycles. The Balaban J connectivity index is 5.43. The lowest BCUT2D eigenvalue weighted by Crippen LogP contribution is -2.30. The van der Waals surface area contributed by atoms with Gasteiger partial charge in [-0.2, -0.15) is 0 Å². The number of ether oxygens (including phenoxy) is 4. The molecule has 17 nitrogen and oxygen atoms in total. The van der Waals surface area contributed by atoms with E-state index in [0.29, 0.717) is 32.1 Å². The Hall–Kier alpha value is -5.06. The van der Waals surface area contributed by atoms with Gasteiger partial charge in [-0.05, 0) is 135 Å². The predicted octanol–water partition coefficient (Wildman–Crippen LogP) is 21.9. The Morgan fingerprint density at radius 2 is 0.530 bits per heavy atom. The average Bonchev–Trinajstić information content (AvgIpc) is 1.00. The molecule has 0 amide bonds. The average molecular weight is 1440 g/mol. The molecule has 0 rings (SSSR count). The summed E-state index contributed by atoms with van der Waals surface area (Å²) in [5.41, 5.74) is 0. The third-order valence-electron chi connectivity index (χ3n) is 15.3. The second-order valence-corrected chi connectivity index (χ2v) is 27.7. The van der Waals surface area contributed by atoms with Gasteiger partial charge >= 0.3 is 39.5 Å². The van der Waals surface area contributed by atoms with Crippen LogP contribution in [0, 0.1) is 0 Å². The van der Waals surface area contributed by atoms with E-state index in [2.05, 4.69) is 161 Å². The van der Waals surface area contributed by atoms with Gasteiger partial charge in [0.05, 0.1) is 26.4 Å². The van der Waals surface area contributed by atoms with Crippen LogP contribution in [0.3, 0.4) is 0 Å². The maximum absolute atomic E-state index is 13.1. The maximum atomic E-state index is 13.1. The molecule has 0 heterocycles. The number of hydrogen-bond donors (Lipinski definition) is 3. The van der Waals surface area contributed by atoms with Crippen molar-refractivity contribution >= 4 is 39.5 Å². The molecule has 0 fully saturated rings. The van der Waals surface area contributed by atoms with Crippen LogP contribution in [0.15, 0.2) is 146 Å². The van der Waals surface area contributed by atoms with E-state index in [-0.39, 0.29) is 25.7 Å². The zero-order valence-electron chi connectivity index (χ0n) is 62.1. The van der Waals surface area contributed by atoms with Gasteiger partial charge in [-0.25, -0.2) is 9.13 Å². The summed E-state index contributed by atoms with van der Waals surface area (Å²) in [6.45, 7) is 4.40. The highest BCUT2D eigenvalue weighted by atomic mass is 31.2. The smallest absolute Gasteiger partial charge is 0.462 e. The molecule has 0 aliphatic rings. The molecule has 0 aromatic heterocycles. The molecule has 3 N–H and O–H groups in total. The number of unbranched alkanes of at least 4 members (excludes halogenated alkanes) is 20. The van der Waals surface area contributed by atoms with E-state index in [1.165, 1.54) is 38.5 Å². The summed E-state index contributed by atoms with van der Waals surface area (Å²) in [7, 11) is -9.98. The van der Waals surface area contributed by atoms with E-state index in [0.717, 1.165) is 161 Å². The number of aliphatic hydroxyl groups is 1. The van der Waals surface area contributed by atoms with Crippen LogP contribution in [-0.4, -0.2) is 96.7 Å². The van der Waals surface area contributed by atoms with Gasteiger partial charge in [-0.3, -0.25) is 37.3 Å². The summed E-state index contributed by atoms with van der Waals surface area (Å²) >= 11 is 0. The summed E-state index contributed by atoms with van der Waals surface area (Å²) < 4.78 is 68.4. The molecule has 0 aromatic carbocycles. The first kappa shape index (κ1) is 94.9. The van der Waals surface area contributed by atoms with Crippen LogP contribution < -0.4 is 0 Å². The van der Waals surface area contributed by atoms with Gasteiger partial charge in [0.15, 0.2) is 12.2 Å². The quantitative estimate of drug-likeness (QED) is 0.0169. The molecular weight excluding hydrogens is 1310 g/mol. The number of phosphoric ester groups is 2. The summed E-state index contributed by atoms with van der Waals surface area (Å²) in [6, 6.07) is 0. The van der Waals surface area contributed by atoms with Gasteiger partial charge in [0, 0.05) is 25.7 Å². The fraction of sp³-hybridized carbons (Fsp3) is 0.654. The van der Waals surface area contributed by atoms with Crippen molar-refractivity contribution < 1.29 is 80.2 Å². The molecule has 0 aliphatic heterocycles. The normalized spacial score (nSPS) is 14.8. The maximum Gasteiger partial charge on any atom is 0.472 e. The highest BCUT2D eigenvalue weighted by Crippen LogP contribution is 2.45. The second kappa shape index (κ2) is 72.3. The molecule has 0 aromatic rings. The Kier molecular flexibility index (Phi) is 68.6. The van der Waals surface area contributed by atoms with Crippen LogP contribution in [0.5, 0.6) is 0 Å². The number of phosphoric acid groups is 2. The fourth-order valence-electron chi connectivity index (χ4n) is 9.61. The third-order valence-corrected chi connectivity index (χ3v) is 17.2. The topological polar surface area (TPSA) is 237 Å². The minimum atomic E-state index is -5.00. The Bertz CT molecular complexity index is 2470. The van der Waals surface area contributed by atoms with Crippen LogP contribution in [-0.2, 0) is 65.4 Å². The van der Waals surface area contributed by atoms with Crippen molar-refractivity contribution in [2.75, 3.05) is 39.6 Å². The van der Waals surface area contributed by atoms with Gasteiger partial charge < -0.3 is 33.8 Å². The van der Waals surface area contributed by atoms with Crippen molar-refractivity contribution in [3.05, 3.63) is 146 Å². The molecule has 0 saturated carbocycles. The molecule has 570 valence electrons. The van der Waals surface area contributed by atoms with Crippen molar-refractivity contribution in [1.29, 1.82) is 0 Å². The largest absolute Gasteiger partial charge is 0.472 e. The van der Waals surface area contributed by atoms with E-state index in [9.17, 15) is 43.2 Å². The number of aliphatic hydroxyl groups excluding tert-OH is 1. The first-order chi connectivity index (χ1) is 48.7. The van der Waals surface area contributed by atoms with Crippen LogP contribution >= 0.6 is 15.6 Å². The molecule has 100 heavy (non-hydrogen) atoms. The van der Waals surface area contributed by atoms with Crippen LogP contribution in [0.1, 0.15) is 285 Å². The lowest BCUT2D eigenvalue weighted by molar-refractivity contribution is -0.161. The molecular formula is C81H134O17P2. The van der Waals surface area contributed by atoms with Gasteiger partial charge in [0.25, 0.3) is 0 Å². The SMILES string of the molecule is CC/C=C\C/C=C\C/C=C\C/C=C\C/C=C\CCCC(=O)OCC(COP(=O)(O)OCC(O)COP(=O)(O)OCC(COC(=O)CCCCCCC/C=C\C/C=C\C/C=C\CC)OC(=O)CCCCCCCCCCCCC)OC(=O)CCCCCC/C=C\C/C=C\C/C=C\C/C=C\CC. The van der Waals surface area contributed by atoms with Gasteiger partial charge in [-0.15, -0.1) is 0 Å². The molecule has 0 bridgehead atoms. The van der Waals surface area contributed by atoms with E-state index < -0.39 is 97.5 Å². The number of allylic oxidation sites excluding steroid dienone is 24. The monoisotopic (exact) mass is 1440 g/mol. The first-order valence-electron chi connectivity index (χ1n) is 38.1. The Morgan fingerprint density at radius 3 is 0.840 bits per heavy atom. The van der Waals surface area contributed by atoms with Crippen molar-refractivity contribution in [3.8, 4) is 0 Å². The van der Waals surface area contributed by atoms with E-state index in [1.807, 2.05) is 12.2 Å². The summed E-state index contributed by atoms with van der Waals surface area (Å²) in [5.74, 6) is -2.29. The van der Waals surface area contributed by atoms with Crippen molar-refractivity contribution in [2.24, 2.45) is 0 Å². The van der Waals surface area contributed by atoms with Crippen LogP contribution in [0.2, 0.25) is 0 Å². The molecule has 0 radical (unpaired) electrons. The molecule has 19 heteroatoms. The highest BCUT2D eigenvalue weighted by molar-refractivity contribution is 7.47. The van der Waals surface area contributed by atoms with Gasteiger partial charge in [0.1, 0.15) is 19.3 Å². The zero-order chi connectivity index (χ0) is 73.2. The van der Waals surface area contributed by atoms with Crippen molar-refractivity contribution in [2.45, 2.75) is 303 Å². The summed E-state index contributed by atoms with van der Waals surface area (Å²) in [4.78, 5) is 72.8. The highest BCUT2D eigenvalue weighted by Gasteiger charge is 2.30. The third kappa shape index (κ3) is 71.3. The second-order valence-electron chi connectivity index (χ2n) is 24.8. The van der Waals surface area contributed by atoms with E-state index >= 15 is 0 Å². The van der Waals surface area contributed by atoms with E-state index in [1.54, 1.807) is 0 Å². The molecule has 5 atom stereocenters. The lowest BCUT2D eigenvalue weighted by atomic mass is 10.1. The zero-order valence-corrected chi connectivity index (χ0v) is 63.9. The Morgan fingerprint density at radius 1 is 0.290 bits per heavy atom. The summed E-state index contributed by atoms with van der Waals surface area (Å²) in [5, 5.41) is 10.6. The minimum absolute atomic E-state index is 0.0502. The number of hydrogen-bond acceptors (Lipinski definition) is 15. The molecule has 0 aliphatic carbocycles. The first-order valence-corrected chi connectivity index (χ1v) is 41.1. The molecule has 5 unspecified atom stereocenters. The number of esters is 4. The summed E-state index contributed by atoms with van der Waals surface area (Å²) in [6.07, 6.45) is 81.3. The minimum Gasteiger partial charge on any atom is -0.462 e. The van der Waals surface area contributed by atoms with Gasteiger partial charge in [-0.1, -0.05) is 270 Å². The number of carbonyl (C=O) groups excluding carboxylic acids is 4. The number of rotatable bonds is 70. The Labute approximate surface area is 605 Å². The standard InChI is InChI=1S/C81H134O17P2/c1-5-9-13-17-21-25-29-32-35-37-40-43-47-50-54-58-62-66-79(84)92-72-77(98-81(86)68-64-60-56-52-48-44-41-38-36-33-30-26-22-18-14-10-6-2)74-96-100(89,90)94-70-75(82)69-93-99(87,88)95-73-76(97-80(85)67-63-59-55-51-45-28-24-20-16-12-8-4)71-91-78(83)65-61-57-53-49-46-42-39-34-31-27-23-19-15-11-7-3/h9-11,13-15,21-23,25-27,32-36,39-41,43-44,50,54,75-77,82H,5-8,12,16-20,24,28-31,37-38,42,45-49,51-53,55-74H2,1-4H3,(H,87,88)(H,89,90)/b13-9-,14-10-,15-11-,25-21-,26-22-,27-23-,35-32-,36-33-,39-34-,43-40-,44-41-,54-50-. The van der Waals surface area contributed by atoms with Crippen molar-refractivity contribution in [1.82, 2.24) is 0 Å². The number of carbonyl (C=O) groups is 4. The fourth-order valence-corrected chi connectivity index (χ4v) is 11.2. The van der Waals surface area contributed by atoms with Crippen LogP contribution in [0.25, 0.3) is 0 Å².